The van der Waals surface area contributed by atoms with Crippen molar-refractivity contribution in [2.45, 2.75) is 26.1 Å². The third-order valence-corrected chi connectivity index (χ3v) is 3.77. The molecule has 0 aliphatic carbocycles. The monoisotopic (exact) mass is 284 g/mol. The largest absolute Gasteiger partial charge is 0.392 e. The first-order valence-electron chi connectivity index (χ1n) is 7.30. The molecule has 112 valence electrons. The fourth-order valence-corrected chi connectivity index (χ4v) is 2.52. The Hall–Kier alpha value is -1.84. The molecule has 0 aromatic heterocycles. The summed E-state index contributed by atoms with van der Waals surface area (Å²) < 4.78 is 0. The molecule has 0 saturated carbocycles. The number of benzene rings is 2. The summed E-state index contributed by atoms with van der Waals surface area (Å²) in [4.78, 5) is 2.13. The van der Waals surface area contributed by atoms with Gasteiger partial charge in [0.15, 0.2) is 0 Å². The first kappa shape index (κ1) is 15.5. The van der Waals surface area contributed by atoms with E-state index >= 15 is 0 Å². The van der Waals surface area contributed by atoms with Crippen LogP contribution in [0.2, 0.25) is 0 Å². The smallest absolute Gasteiger partial charge is 0.0685 e. The van der Waals surface area contributed by atoms with Gasteiger partial charge in [0, 0.05) is 32.4 Å². The van der Waals surface area contributed by atoms with Gasteiger partial charge in [0.2, 0.25) is 0 Å². The third-order valence-electron chi connectivity index (χ3n) is 3.77. The molecule has 0 aliphatic heterocycles. The van der Waals surface area contributed by atoms with Crippen LogP contribution in [0.3, 0.4) is 0 Å². The zero-order valence-corrected chi connectivity index (χ0v) is 13.0. The lowest BCUT2D eigenvalue weighted by Gasteiger charge is -2.22. The molecule has 0 radical (unpaired) electrons. The van der Waals surface area contributed by atoms with Crippen molar-refractivity contribution in [2.75, 3.05) is 19.0 Å². The highest BCUT2D eigenvalue weighted by molar-refractivity contribution is 5.53. The zero-order valence-electron chi connectivity index (χ0n) is 13.0. The quantitative estimate of drug-likeness (QED) is 0.855. The van der Waals surface area contributed by atoms with Gasteiger partial charge < -0.3 is 15.3 Å². The number of nitrogens with one attached hydrogen (secondary N) is 1. The Kier molecular flexibility index (Phi) is 5.37. The van der Waals surface area contributed by atoms with Gasteiger partial charge in [0.1, 0.15) is 0 Å². The van der Waals surface area contributed by atoms with Crippen molar-refractivity contribution in [3.63, 3.8) is 0 Å². The minimum absolute atomic E-state index is 0.0838. The Morgan fingerprint density at radius 1 is 1.00 bits per heavy atom. The van der Waals surface area contributed by atoms with E-state index in [0.29, 0.717) is 0 Å². The van der Waals surface area contributed by atoms with Crippen LogP contribution < -0.4 is 10.2 Å². The molecule has 1 unspecified atom stereocenters. The van der Waals surface area contributed by atoms with E-state index in [1.165, 1.54) is 11.3 Å². The molecule has 1 atom stereocenters. The van der Waals surface area contributed by atoms with Gasteiger partial charge in [-0.15, -0.1) is 0 Å². The van der Waals surface area contributed by atoms with Gasteiger partial charge in [-0.1, -0.05) is 42.5 Å². The Morgan fingerprint density at radius 2 is 1.62 bits per heavy atom. The van der Waals surface area contributed by atoms with E-state index in [9.17, 15) is 5.11 Å². The van der Waals surface area contributed by atoms with Gasteiger partial charge >= 0.3 is 0 Å². The topological polar surface area (TPSA) is 35.5 Å². The van der Waals surface area contributed by atoms with Crippen molar-refractivity contribution in [2.24, 2.45) is 0 Å². The first-order chi connectivity index (χ1) is 10.1. The number of nitrogens with zero attached hydrogens (tertiary/aromatic N) is 1. The SMILES string of the molecule is CC(NCc1ccccc1CO)c1ccccc1N(C)C. The minimum atomic E-state index is 0.0838. The molecule has 0 bridgehead atoms. The number of aliphatic hydroxyl groups excluding tert-OH is 1. The summed E-state index contributed by atoms with van der Waals surface area (Å²) in [6.07, 6.45) is 0. The normalized spacial score (nSPS) is 12.2. The maximum absolute atomic E-state index is 9.38. The third kappa shape index (κ3) is 3.84. The molecule has 0 heterocycles. The zero-order chi connectivity index (χ0) is 15.2. The molecule has 0 amide bonds. The van der Waals surface area contributed by atoms with Crippen LogP contribution in [0.1, 0.15) is 29.7 Å². The molecule has 2 aromatic carbocycles. The molecule has 0 saturated heterocycles. The molecule has 0 fully saturated rings. The highest BCUT2D eigenvalue weighted by Crippen LogP contribution is 2.25. The summed E-state index contributed by atoms with van der Waals surface area (Å²) in [6.45, 7) is 3.00. The molecular formula is C18H24N2O. The van der Waals surface area contributed by atoms with Crippen molar-refractivity contribution >= 4 is 5.69 Å². The van der Waals surface area contributed by atoms with Gasteiger partial charge in [-0.05, 0) is 29.7 Å². The fourth-order valence-electron chi connectivity index (χ4n) is 2.52. The van der Waals surface area contributed by atoms with Crippen molar-refractivity contribution in [3.8, 4) is 0 Å². The van der Waals surface area contributed by atoms with E-state index in [1.807, 2.05) is 18.2 Å². The van der Waals surface area contributed by atoms with E-state index in [1.54, 1.807) is 0 Å². The summed E-state index contributed by atoms with van der Waals surface area (Å²) >= 11 is 0. The summed E-state index contributed by atoms with van der Waals surface area (Å²) in [5, 5.41) is 12.9. The summed E-state index contributed by atoms with van der Waals surface area (Å²) in [5.74, 6) is 0. The lowest BCUT2D eigenvalue weighted by atomic mass is 10.0. The van der Waals surface area contributed by atoms with E-state index in [2.05, 4.69) is 61.6 Å². The van der Waals surface area contributed by atoms with Gasteiger partial charge in [0.05, 0.1) is 6.61 Å². The average molecular weight is 284 g/mol. The number of rotatable bonds is 6. The van der Waals surface area contributed by atoms with Crippen molar-refractivity contribution < 1.29 is 5.11 Å². The van der Waals surface area contributed by atoms with Gasteiger partial charge in [-0.3, -0.25) is 0 Å². The second-order valence-corrected chi connectivity index (χ2v) is 5.48. The van der Waals surface area contributed by atoms with Crippen LogP contribution >= 0.6 is 0 Å². The highest BCUT2D eigenvalue weighted by Gasteiger charge is 2.11. The number of hydrogen-bond acceptors (Lipinski definition) is 3. The van der Waals surface area contributed by atoms with Crippen LogP contribution in [0.4, 0.5) is 5.69 Å². The maximum Gasteiger partial charge on any atom is 0.0685 e. The summed E-state index contributed by atoms with van der Waals surface area (Å²) in [6, 6.07) is 16.7. The molecular weight excluding hydrogens is 260 g/mol. The van der Waals surface area contributed by atoms with Crippen LogP contribution in [0, 0.1) is 0 Å². The van der Waals surface area contributed by atoms with Crippen molar-refractivity contribution in [1.82, 2.24) is 5.32 Å². The van der Waals surface area contributed by atoms with E-state index in [4.69, 9.17) is 0 Å². The number of anilines is 1. The van der Waals surface area contributed by atoms with E-state index in [-0.39, 0.29) is 12.6 Å². The Balaban J connectivity index is 2.10. The standard InChI is InChI=1S/C18H24N2O/c1-14(17-10-6-7-11-18(17)20(2)3)19-12-15-8-4-5-9-16(15)13-21/h4-11,14,19,21H,12-13H2,1-3H3. The number of hydrogen-bond donors (Lipinski definition) is 2. The maximum atomic E-state index is 9.38. The number of aliphatic hydroxyl groups is 1. The summed E-state index contributed by atoms with van der Waals surface area (Å²) in [7, 11) is 4.12. The molecule has 3 nitrogen and oxygen atoms in total. The highest BCUT2D eigenvalue weighted by atomic mass is 16.3. The van der Waals surface area contributed by atoms with Crippen molar-refractivity contribution in [3.05, 3.63) is 65.2 Å². The van der Waals surface area contributed by atoms with Crippen LogP contribution in [0.5, 0.6) is 0 Å². The molecule has 2 aromatic rings. The van der Waals surface area contributed by atoms with E-state index < -0.39 is 0 Å². The second kappa shape index (κ2) is 7.25. The summed E-state index contributed by atoms with van der Waals surface area (Å²) in [5.41, 5.74) is 4.64. The molecule has 3 heteroatoms. The molecule has 21 heavy (non-hydrogen) atoms. The predicted molar refractivity (Wildman–Crippen MR) is 88.4 cm³/mol. The van der Waals surface area contributed by atoms with Crippen LogP contribution in [0.25, 0.3) is 0 Å². The second-order valence-electron chi connectivity index (χ2n) is 5.48. The van der Waals surface area contributed by atoms with Gasteiger partial charge in [-0.25, -0.2) is 0 Å². The Bertz CT molecular complexity index is 581. The number of para-hydroxylation sites is 1. The molecule has 2 N–H and O–H groups in total. The van der Waals surface area contributed by atoms with Crippen LogP contribution in [-0.4, -0.2) is 19.2 Å². The fraction of sp³-hybridized carbons (Fsp3) is 0.333. The van der Waals surface area contributed by atoms with Crippen molar-refractivity contribution in [1.29, 1.82) is 0 Å². The predicted octanol–water partition coefficient (Wildman–Crippen LogP) is 3.10. The lowest BCUT2D eigenvalue weighted by molar-refractivity contribution is 0.280. The van der Waals surface area contributed by atoms with Gasteiger partial charge in [-0.2, -0.15) is 0 Å². The average Bonchev–Trinajstić information content (AvgIpc) is 2.52. The Labute approximate surface area is 127 Å². The molecule has 0 spiro atoms. The van der Waals surface area contributed by atoms with Crippen LogP contribution in [-0.2, 0) is 13.2 Å². The molecule has 0 aliphatic rings. The first-order valence-corrected chi connectivity index (χ1v) is 7.30. The minimum Gasteiger partial charge on any atom is -0.392 e. The van der Waals surface area contributed by atoms with Crippen LogP contribution in [0.15, 0.2) is 48.5 Å². The molecule has 2 rings (SSSR count). The van der Waals surface area contributed by atoms with Gasteiger partial charge in [0.25, 0.3) is 0 Å². The van der Waals surface area contributed by atoms with E-state index in [0.717, 1.165) is 17.7 Å². The Morgan fingerprint density at radius 3 is 2.29 bits per heavy atom. The lowest BCUT2D eigenvalue weighted by Crippen LogP contribution is -2.21.